The Bertz CT molecular complexity index is 338. The summed E-state index contributed by atoms with van der Waals surface area (Å²) in [7, 11) is 0. The number of hydrogen-bond donors (Lipinski definition) is 0. The highest BCUT2D eigenvalue weighted by Crippen LogP contribution is 2.43. The molecule has 0 N–H and O–H groups in total. The smallest absolute Gasteiger partial charge is 0.0641 e. The Morgan fingerprint density at radius 1 is 1.06 bits per heavy atom. The maximum absolute atomic E-state index is 6.59. The fraction of sp³-hybridized carbons (Fsp3) is 0.571. The van der Waals surface area contributed by atoms with E-state index in [1.54, 1.807) is 0 Å². The van der Waals surface area contributed by atoms with Crippen molar-refractivity contribution in [3.8, 4) is 0 Å². The van der Waals surface area contributed by atoms with E-state index in [1.165, 1.54) is 5.56 Å². The summed E-state index contributed by atoms with van der Waals surface area (Å²) in [5, 5.41) is 0.0520. The minimum atomic E-state index is 0.0520. The molecular formula is C14H19ClO. The van der Waals surface area contributed by atoms with Gasteiger partial charge in [0.05, 0.1) is 17.6 Å². The summed E-state index contributed by atoms with van der Waals surface area (Å²) in [5.41, 5.74) is 1.20. The molecule has 5 unspecified atom stereocenters. The Labute approximate surface area is 103 Å². The van der Waals surface area contributed by atoms with E-state index in [4.69, 9.17) is 16.3 Å². The van der Waals surface area contributed by atoms with Gasteiger partial charge in [-0.05, 0) is 25.3 Å². The normalized spacial score (nSPS) is 36.2. The summed E-state index contributed by atoms with van der Waals surface area (Å²) in [4.78, 5) is 0. The van der Waals surface area contributed by atoms with E-state index in [9.17, 15) is 0 Å². The molecule has 1 aliphatic heterocycles. The van der Waals surface area contributed by atoms with Crippen LogP contribution in [0.15, 0.2) is 30.3 Å². The highest BCUT2D eigenvalue weighted by Gasteiger charge is 2.41. The molecule has 0 aromatic heterocycles. The zero-order valence-electron chi connectivity index (χ0n) is 10.1. The van der Waals surface area contributed by atoms with Crippen molar-refractivity contribution < 1.29 is 4.74 Å². The number of hydrogen-bond acceptors (Lipinski definition) is 1. The van der Waals surface area contributed by atoms with Gasteiger partial charge in [0, 0.05) is 5.92 Å². The van der Waals surface area contributed by atoms with Crippen LogP contribution >= 0.6 is 11.6 Å². The van der Waals surface area contributed by atoms with Crippen LogP contribution in [-0.4, -0.2) is 12.2 Å². The maximum Gasteiger partial charge on any atom is 0.0641 e. The quantitative estimate of drug-likeness (QED) is 0.707. The molecule has 2 rings (SSSR count). The van der Waals surface area contributed by atoms with Crippen molar-refractivity contribution >= 4 is 11.6 Å². The van der Waals surface area contributed by atoms with Crippen molar-refractivity contribution in [2.75, 3.05) is 0 Å². The molecule has 5 atom stereocenters. The summed E-state index contributed by atoms with van der Waals surface area (Å²) in [6.07, 6.45) is 0.553. The molecule has 1 aliphatic rings. The first kappa shape index (κ1) is 11.9. The molecule has 1 saturated heterocycles. The lowest BCUT2D eigenvalue weighted by molar-refractivity contribution is 0.0508. The van der Waals surface area contributed by atoms with Gasteiger partial charge in [0.2, 0.25) is 0 Å². The molecule has 1 heterocycles. The van der Waals surface area contributed by atoms with Crippen LogP contribution in [-0.2, 0) is 4.74 Å². The van der Waals surface area contributed by atoms with E-state index < -0.39 is 0 Å². The summed E-state index contributed by atoms with van der Waals surface area (Å²) in [5.74, 6) is 0.914. The van der Waals surface area contributed by atoms with Crippen LogP contribution in [0.25, 0.3) is 0 Å². The monoisotopic (exact) mass is 238 g/mol. The van der Waals surface area contributed by atoms with Crippen molar-refractivity contribution in [1.29, 1.82) is 0 Å². The van der Waals surface area contributed by atoms with E-state index in [0.717, 1.165) is 0 Å². The van der Waals surface area contributed by atoms with Gasteiger partial charge in [-0.1, -0.05) is 37.3 Å². The Balaban J connectivity index is 2.19. The fourth-order valence-electron chi connectivity index (χ4n) is 2.66. The number of benzene rings is 1. The highest BCUT2D eigenvalue weighted by molar-refractivity contribution is 6.21. The summed E-state index contributed by atoms with van der Waals surface area (Å²) >= 11 is 6.59. The molecule has 1 nitrogen and oxygen atoms in total. The van der Waals surface area contributed by atoms with Crippen LogP contribution in [0.2, 0.25) is 0 Å². The molecule has 0 aliphatic carbocycles. The average Bonchev–Trinajstić information content (AvgIpc) is 2.54. The van der Waals surface area contributed by atoms with Crippen LogP contribution in [0.3, 0.4) is 0 Å². The number of ether oxygens (including phenoxy) is 1. The zero-order chi connectivity index (χ0) is 11.7. The Hall–Kier alpha value is -0.530. The molecule has 88 valence electrons. The van der Waals surface area contributed by atoms with Crippen LogP contribution in [0, 0.1) is 11.8 Å². The van der Waals surface area contributed by atoms with Gasteiger partial charge in [-0.25, -0.2) is 0 Å². The van der Waals surface area contributed by atoms with Crippen LogP contribution in [0.1, 0.15) is 31.7 Å². The first-order valence-corrected chi connectivity index (χ1v) is 6.39. The largest absolute Gasteiger partial charge is 0.375 e. The number of halogens is 1. The third-order valence-electron chi connectivity index (χ3n) is 3.77. The lowest BCUT2D eigenvalue weighted by Crippen LogP contribution is -2.22. The van der Waals surface area contributed by atoms with Crippen molar-refractivity contribution in [2.45, 2.75) is 38.4 Å². The van der Waals surface area contributed by atoms with Crippen molar-refractivity contribution in [2.24, 2.45) is 11.8 Å². The number of alkyl halides is 1. The molecular weight excluding hydrogens is 220 g/mol. The van der Waals surface area contributed by atoms with E-state index in [0.29, 0.717) is 17.9 Å². The summed E-state index contributed by atoms with van der Waals surface area (Å²) in [6, 6.07) is 10.3. The average molecular weight is 239 g/mol. The van der Waals surface area contributed by atoms with Crippen molar-refractivity contribution in [3.05, 3.63) is 35.9 Å². The second kappa shape index (κ2) is 4.77. The predicted octanol–water partition coefficient (Wildman–Crippen LogP) is 4.03. The second-order valence-corrected chi connectivity index (χ2v) is 5.27. The SMILES string of the molecule is CC1OC(C)C(C(Cl)c2ccccc2)C1C. The van der Waals surface area contributed by atoms with Gasteiger partial charge in [-0.3, -0.25) is 0 Å². The Kier molecular flexibility index (Phi) is 3.56. The van der Waals surface area contributed by atoms with Gasteiger partial charge in [0.15, 0.2) is 0 Å². The van der Waals surface area contributed by atoms with Gasteiger partial charge >= 0.3 is 0 Å². The third kappa shape index (κ3) is 2.11. The lowest BCUT2D eigenvalue weighted by Gasteiger charge is -2.24. The lowest BCUT2D eigenvalue weighted by atomic mass is 9.84. The summed E-state index contributed by atoms with van der Waals surface area (Å²) in [6.45, 7) is 6.50. The fourth-order valence-corrected chi connectivity index (χ4v) is 3.24. The summed E-state index contributed by atoms with van der Waals surface area (Å²) < 4.78 is 5.84. The molecule has 0 saturated carbocycles. The van der Waals surface area contributed by atoms with E-state index in [-0.39, 0.29) is 11.5 Å². The zero-order valence-corrected chi connectivity index (χ0v) is 10.8. The van der Waals surface area contributed by atoms with Gasteiger partial charge in [0.25, 0.3) is 0 Å². The van der Waals surface area contributed by atoms with Gasteiger partial charge in [-0.2, -0.15) is 0 Å². The van der Waals surface area contributed by atoms with Gasteiger partial charge < -0.3 is 4.74 Å². The molecule has 0 spiro atoms. The minimum Gasteiger partial charge on any atom is -0.375 e. The Morgan fingerprint density at radius 3 is 2.19 bits per heavy atom. The van der Waals surface area contributed by atoms with Crippen molar-refractivity contribution in [3.63, 3.8) is 0 Å². The van der Waals surface area contributed by atoms with Gasteiger partial charge in [-0.15, -0.1) is 11.6 Å². The number of rotatable bonds is 2. The maximum atomic E-state index is 6.59. The first-order chi connectivity index (χ1) is 7.61. The van der Waals surface area contributed by atoms with Crippen LogP contribution < -0.4 is 0 Å². The third-order valence-corrected chi connectivity index (χ3v) is 4.32. The Morgan fingerprint density at radius 2 is 1.69 bits per heavy atom. The molecule has 16 heavy (non-hydrogen) atoms. The van der Waals surface area contributed by atoms with Crippen molar-refractivity contribution in [1.82, 2.24) is 0 Å². The molecule has 1 aromatic carbocycles. The molecule has 0 amide bonds. The first-order valence-electron chi connectivity index (χ1n) is 5.95. The standard InChI is InChI=1S/C14H19ClO/c1-9-10(2)16-11(3)13(9)14(15)12-7-5-4-6-8-12/h4-11,13-14H,1-3H3. The molecule has 1 fully saturated rings. The molecule has 0 radical (unpaired) electrons. The van der Waals surface area contributed by atoms with Crippen LogP contribution in [0.4, 0.5) is 0 Å². The molecule has 0 bridgehead atoms. The second-order valence-electron chi connectivity index (χ2n) is 4.80. The molecule has 2 heteroatoms. The topological polar surface area (TPSA) is 9.23 Å². The minimum absolute atomic E-state index is 0.0520. The van der Waals surface area contributed by atoms with Gasteiger partial charge in [0.1, 0.15) is 0 Å². The highest BCUT2D eigenvalue weighted by atomic mass is 35.5. The predicted molar refractivity (Wildman–Crippen MR) is 67.7 cm³/mol. The van der Waals surface area contributed by atoms with E-state index in [1.807, 2.05) is 18.2 Å². The van der Waals surface area contributed by atoms with E-state index >= 15 is 0 Å². The van der Waals surface area contributed by atoms with Crippen LogP contribution in [0.5, 0.6) is 0 Å². The molecule has 1 aromatic rings. The van der Waals surface area contributed by atoms with E-state index in [2.05, 4.69) is 32.9 Å².